The molecule has 2 aromatic carbocycles. The first-order valence-electron chi connectivity index (χ1n) is 6.66. The molecule has 0 aliphatic carbocycles. The van der Waals surface area contributed by atoms with Crippen LogP contribution in [0.15, 0.2) is 36.4 Å². The molecule has 2 rings (SSSR count). The van der Waals surface area contributed by atoms with Crippen LogP contribution in [0.25, 0.3) is 0 Å². The number of halogens is 2. The molecule has 0 aliphatic heterocycles. The van der Waals surface area contributed by atoms with Crippen molar-refractivity contribution in [3.8, 4) is 5.75 Å². The largest absolute Gasteiger partial charge is 0.494 e. The molecule has 0 spiro atoms. The molecular formula is C17H18ClFO. The zero-order valence-corrected chi connectivity index (χ0v) is 12.7. The van der Waals surface area contributed by atoms with Crippen LogP contribution in [0.3, 0.4) is 0 Å². The van der Waals surface area contributed by atoms with E-state index in [9.17, 15) is 4.39 Å². The molecule has 0 N–H and O–H groups in total. The molecule has 0 bridgehead atoms. The van der Waals surface area contributed by atoms with Gasteiger partial charge in [-0.2, -0.15) is 0 Å². The van der Waals surface area contributed by atoms with Crippen molar-refractivity contribution >= 4 is 11.6 Å². The van der Waals surface area contributed by atoms with Gasteiger partial charge in [0.15, 0.2) is 0 Å². The molecular weight excluding hydrogens is 275 g/mol. The second kappa shape index (κ2) is 6.27. The van der Waals surface area contributed by atoms with E-state index in [0.29, 0.717) is 12.2 Å². The maximum absolute atomic E-state index is 13.4. The average molecular weight is 293 g/mol. The van der Waals surface area contributed by atoms with Crippen molar-refractivity contribution in [1.82, 2.24) is 0 Å². The summed E-state index contributed by atoms with van der Waals surface area (Å²) in [4.78, 5) is 0. The quantitative estimate of drug-likeness (QED) is 0.706. The van der Waals surface area contributed by atoms with E-state index in [0.717, 1.165) is 22.4 Å². The van der Waals surface area contributed by atoms with Gasteiger partial charge >= 0.3 is 0 Å². The molecule has 20 heavy (non-hydrogen) atoms. The number of hydrogen-bond donors (Lipinski definition) is 0. The van der Waals surface area contributed by atoms with Gasteiger partial charge in [0.25, 0.3) is 0 Å². The summed E-state index contributed by atoms with van der Waals surface area (Å²) < 4.78 is 19.0. The van der Waals surface area contributed by atoms with Crippen molar-refractivity contribution in [3.05, 3.63) is 64.5 Å². The van der Waals surface area contributed by atoms with E-state index in [1.54, 1.807) is 19.1 Å². The van der Waals surface area contributed by atoms with E-state index in [1.165, 1.54) is 6.07 Å². The standard InChI is InChI=1S/C17H18ClFO/c1-4-20-16-8-5-11(2)9-14(16)17(18)13-6-7-15(19)12(3)10-13/h5-10,17H,4H2,1-3H3. The van der Waals surface area contributed by atoms with E-state index in [1.807, 2.05) is 32.0 Å². The fraction of sp³-hybridized carbons (Fsp3) is 0.294. The minimum atomic E-state index is -0.351. The first kappa shape index (κ1) is 14.9. The summed E-state index contributed by atoms with van der Waals surface area (Å²) in [5.74, 6) is 0.562. The molecule has 0 fully saturated rings. The van der Waals surface area contributed by atoms with Gasteiger partial charge in [-0.25, -0.2) is 4.39 Å². The van der Waals surface area contributed by atoms with E-state index < -0.39 is 0 Å². The van der Waals surface area contributed by atoms with Gasteiger partial charge in [-0.15, -0.1) is 11.6 Å². The zero-order valence-electron chi connectivity index (χ0n) is 11.9. The molecule has 2 aromatic rings. The average Bonchev–Trinajstić information content (AvgIpc) is 2.43. The third-order valence-electron chi connectivity index (χ3n) is 3.21. The lowest BCUT2D eigenvalue weighted by Crippen LogP contribution is -2.01. The lowest BCUT2D eigenvalue weighted by molar-refractivity contribution is 0.337. The molecule has 0 aliphatic rings. The second-order valence-corrected chi connectivity index (χ2v) is 5.28. The predicted molar refractivity (Wildman–Crippen MR) is 81.2 cm³/mol. The molecule has 1 atom stereocenters. The normalized spacial score (nSPS) is 12.2. The van der Waals surface area contributed by atoms with Gasteiger partial charge < -0.3 is 4.74 Å². The third kappa shape index (κ3) is 3.13. The number of benzene rings is 2. The van der Waals surface area contributed by atoms with Gasteiger partial charge in [0.1, 0.15) is 11.6 Å². The number of hydrogen-bond acceptors (Lipinski definition) is 1. The minimum Gasteiger partial charge on any atom is -0.494 e. The molecule has 0 radical (unpaired) electrons. The van der Waals surface area contributed by atoms with Crippen LogP contribution in [0, 0.1) is 19.7 Å². The molecule has 1 unspecified atom stereocenters. The van der Waals surface area contributed by atoms with Crippen molar-refractivity contribution in [2.24, 2.45) is 0 Å². The lowest BCUT2D eigenvalue weighted by atomic mass is 10.00. The number of ether oxygens (including phenoxy) is 1. The molecule has 1 nitrogen and oxygen atoms in total. The van der Waals surface area contributed by atoms with Gasteiger partial charge in [-0.3, -0.25) is 0 Å². The summed E-state index contributed by atoms with van der Waals surface area (Å²) in [5.41, 5.74) is 3.50. The van der Waals surface area contributed by atoms with Gasteiger partial charge in [0, 0.05) is 5.56 Å². The highest BCUT2D eigenvalue weighted by atomic mass is 35.5. The lowest BCUT2D eigenvalue weighted by Gasteiger charge is -2.16. The van der Waals surface area contributed by atoms with Crippen LogP contribution < -0.4 is 4.74 Å². The highest BCUT2D eigenvalue weighted by molar-refractivity contribution is 6.22. The zero-order chi connectivity index (χ0) is 14.7. The van der Waals surface area contributed by atoms with Crippen LogP contribution in [0.5, 0.6) is 5.75 Å². The summed E-state index contributed by atoms with van der Waals surface area (Å²) in [6, 6.07) is 10.9. The molecule has 0 aromatic heterocycles. The van der Waals surface area contributed by atoms with Crippen LogP contribution in [0.4, 0.5) is 4.39 Å². The van der Waals surface area contributed by atoms with Crippen molar-refractivity contribution in [2.75, 3.05) is 6.61 Å². The number of alkyl halides is 1. The van der Waals surface area contributed by atoms with Crippen LogP contribution in [0.2, 0.25) is 0 Å². The predicted octanol–water partition coefficient (Wildman–Crippen LogP) is 5.17. The SMILES string of the molecule is CCOc1ccc(C)cc1C(Cl)c1ccc(F)c(C)c1. The Hall–Kier alpha value is -1.54. The van der Waals surface area contributed by atoms with E-state index in [-0.39, 0.29) is 11.2 Å². The van der Waals surface area contributed by atoms with E-state index in [2.05, 4.69) is 0 Å². The van der Waals surface area contributed by atoms with Crippen molar-refractivity contribution in [3.63, 3.8) is 0 Å². The highest BCUT2D eigenvalue weighted by Crippen LogP contribution is 2.36. The maximum Gasteiger partial charge on any atom is 0.126 e. The minimum absolute atomic E-state index is 0.216. The van der Waals surface area contributed by atoms with Crippen molar-refractivity contribution in [2.45, 2.75) is 26.1 Å². The van der Waals surface area contributed by atoms with Crippen LogP contribution >= 0.6 is 11.6 Å². The van der Waals surface area contributed by atoms with E-state index in [4.69, 9.17) is 16.3 Å². The molecule has 0 saturated heterocycles. The first-order valence-corrected chi connectivity index (χ1v) is 7.10. The topological polar surface area (TPSA) is 9.23 Å². The molecule has 0 heterocycles. The Morgan fingerprint density at radius 3 is 2.55 bits per heavy atom. The Morgan fingerprint density at radius 2 is 1.90 bits per heavy atom. The second-order valence-electron chi connectivity index (χ2n) is 4.85. The summed E-state index contributed by atoms with van der Waals surface area (Å²) in [7, 11) is 0. The van der Waals surface area contributed by atoms with Crippen molar-refractivity contribution < 1.29 is 9.13 Å². The Kier molecular flexibility index (Phi) is 4.66. The third-order valence-corrected chi connectivity index (χ3v) is 3.70. The highest BCUT2D eigenvalue weighted by Gasteiger charge is 2.17. The van der Waals surface area contributed by atoms with Gasteiger partial charge in [0.05, 0.1) is 12.0 Å². The molecule has 106 valence electrons. The molecule has 0 amide bonds. The van der Waals surface area contributed by atoms with Gasteiger partial charge in [-0.1, -0.05) is 29.8 Å². The van der Waals surface area contributed by atoms with Gasteiger partial charge in [0.2, 0.25) is 0 Å². The summed E-state index contributed by atoms with van der Waals surface area (Å²) in [5, 5.41) is -0.351. The number of rotatable bonds is 4. The van der Waals surface area contributed by atoms with Crippen LogP contribution in [0.1, 0.15) is 34.6 Å². The maximum atomic E-state index is 13.4. The fourth-order valence-electron chi connectivity index (χ4n) is 2.16. The van der Waals surface area contributed by atoms with E-state index >= 15 is 0 Å². The Bertz CT molecular complexity index is 610. The Balaban J connectivity index is 2.43. The summed E-state index contributed by atoms with van der Waals surface area (Å²) in [6.45, 7) is 6.28. The molecule has 3 heteroatoms. The smallest absolute Gasteiger partial charge is 0.126 e. The monoisotopic (exact) mass is 292 g/mol. The first-order chi connectivity index (χ1) is 9.52. The number of aryl methyl sites for hydroxylation is 2. The summed E-state index contributed by atoms with van der Waals surface area (Å²) >= 11 is 6.57. The van der Waals surface area contributed by atoms with Gasteiger partial charge in [-0.05, 0) is 44.0 Å². The van der Waals surface area contributed by atoms with Crippen LogP contribution in [-0.4, -0.2) is 6.61 Å². The van der Waals surface area contributed by atoms with Crippen molar-refractivity contribution in [1.29, 1.82) is 0 Å². The Labute approximate surface area is 124 Å². The fourth-order valence-corrected chi connectivity index (χ4v) is 2.46. The van der Waals surface area contributed by atoms with Crippen LogP contribution in [-0.2, 0) is 0 Å². The Morgan fingerprint density at radius 1 is 1.15 bits per heavy atom. The summed E-state index contributed by atoms with van der Waals surface area (Å²) in [6.07, 6.45) is 0. The molecule has 0 saturated carbocycles.